The van der Waals surface area contributed by atoms with Crippen LogP contribution in [0.15, 0.2) is 11.6 Å². The largest absolute Gasteiger partial charge is 0.481 e. The number of carbonyl (C=O) groups is 2. The van der Waals surface area contributed by atoms with Crippen LogP contribution in [0.3, 0.4) is 0 Å². The highest BCUT2D eigenvalue weighted by Gasteiger charge is 2.30. The Morgan fingerprint density at radius 3 is 2.57 bits per heavy atom. The van der Waals surface area contributed by atoms with E-state index in [0.29, 0.717) is 25.2 Å². The Kier molecular flexibility index (Phi) is 14.2. The molecule has 2 fully saturated rings. The summed E-state index contributed by atoms with van der Waals surface area (Å²) in [7, 11) is 0. The van der Waals surface area contributed by atoms with Crippen LogP contribution < -0.4 is 11.1 Å². The highest BCUT2D eigenvalue weighted by molar-refractivity contribution is 5.99. The van der Waals surface area contributed by atoms with Gasteiger partial charge in [0.05, 0.1) is 18.6 Å². The molecule has 2 unspecified atom stereocenters. The van der Waals surface area contributed by atoms with Crippen LogP contribution in [0.4, 0.5) is 0 Å². The molecular formula is C24H43Cl2N5O4. The summed E-state index contributed by atoms with van der Waals surface area (Å²) >= 11 is 0. The third kappa shape index (κ3) is 9.88. The number of guanidine groups is 1. The molecule has 0 radical (unpaired) electrons. The highest BCUT2D eigenvalue weighted by Crippen LogP contribution is 2.30. The van der Waals surface area contributed by atoms with Crippen LogP contribution in [0.25, 0.3) is 0 Å². The first-order valence-corrected chi connectivity index (χ1v) is 12.5. The predicted octanol–water partition coefficient (Wildman–Crippen LogP) is 2.91. The first kappa shape index (κ1) is 31.6. The molecule has 1 amide bonds. The number of carbonyl (C=O) groups excluding carboxylic acids is 1. The number of rotatable bonds is 8. The van der Waals surface area contributed by atoms with Gasteiger partial charge in [0.15, 0.2) is 5.96 Å². The van der Waals surface area contributed by atoms with E-state index in [9.17, 15) is 9.59 Å². The summed E-state index contributed by atoms with van der Waals surface area (Å²) in [5, 5.41) is 19.3. The number of nitrogens with zero attached hydrogens (tertiary/aromatic N) is 2. The van der Waals surface area contributed by atoms with Crippen LogP contribution >= 0.6 is 24.8 Å². The summed E-state index contributed by atoms with van der Waals surface area (Å²) in [6.45, 7) is 5.50. The van der Waals surface area contributed by atoms with E-state index in [1.807, 2.05) is 0 Å². The molecule has 0 spiro atoms. The van der Waals surface area contributed by atoms with E-state index in [1.165, 1.54) is 50.6 Å². The average molecular weight is 537 g/mol. The number of carboxylic acids is 1. The van der Waals surface area contributed by atoms with Crippen molar-refractivity contribution in [2.75, 3.05) is 26.2 Å². The molecule has 35 heavy (non-hydrogen) atoms. The highest BCUT2D eigenvalue weighted by atomic mass is 35.5. The van der Waals surface area contributed by atoms with Gasteiger partial charge in [0.2, 0.25) is 5.91 Å². The van der Waals surface area contributed by atoms with Gasteiger partial charge in [-0.25, -0.2) is 0 Å². The lowest BCUT2D eigenvalue weighted by Crippen LogP contribution is -2.52. The molecule has 11 heteroatoms. The number of ether oxygens (including phenoxy) is 1. The SMILES string of the molecule is CC1=CCCC(N2CCCC[C@H]2CCOC2CCN(C(=N)NC(=O)C(N)CC(=O)O)CC2)C1.Cl.Cl. The van der Waals surface area contributed by atoms with Crippen molar-refractivity contribution in [1.82, 2.24) is 15.1 Å². The van der Waals surface area contributed by atoms with Crippen LogP contribution in [0.5, 0.6) is 0 Å². The number of halogens is 2. The maximum absolute atomic E-state index is 11.9. The van der Waals surface area contributed by atoms with Crippen molar-refractivity contribution in [3.05, 3.63) is 11.6 Å². The van der Waals surface area contributed by atoms with E-state index >= 15 is 0 Å². The third-order valence-electron chi connectivity index (χ3n) is 7.23. The molecule has 5 N–H and O–H groups in total. The van der Waals surface area contributed by atoms with Crippen molar-refractivity contribution < 1.29 is 19.4 Å². The van der Waals surface area contributed by atoms with Gasteiger partial charge >= 0.3 is 5.97 Å². The van der Waals surface area contributed by atoms with Crippen molar-refractivity contribution in [3.63, 3.8) is 0 Å². The van der Waals surface area contributed by atoms with E-state index in [2.05, 4.69) is 23.2 Å². The summed E-state index contributed by atoms with van der Waals surface area (Å²) in [5.41, 5.74) is 7.10. The molecule has 0 saturated carbocycles. The van der Waals surface area contributed by atoms with E-state index in [1.54, 1.807) is 4.90 Å². The first-order chi connectivity index (χ1) is 15.8. The molecule has 0 aromatic rings. The fourth-order valence-corrected chi connectivity index (χ4v) is 5.36. The average Bonchev–Trinajstić information content (AvgIpc) is 2.79. The Labute approximate surface area is 221 Å². The van der Waals surface area contributed by atoms with Crippen molar-refractivity contribution >= 4 is 42.7 Å². The number of allylic oxidation sites excluding steroid dienone is 1. The summed E-state index contributed by atoms with van der Waals surface area (Å²) in [5.74, 6) is -1.79. The van der Waals surface area contributed by atoms with Gasteiger partial charge in [-0.3, -0.25) is 25.2 Å². The number of nitrogens with one attached hydrogen (secondary N) is 2. The normalized spacial score (nSPS) is 24.4. The second-order valence-corrected chi connectivity index (χ2v) is 9.76. The standard InChI is InChI=1S/C24H41N5O4.2ClH/c1-17-5-4-7-19(15-17)29-11-3-2-6-18(29)10-14-33-20-8-12-28(13-9-20)24(26)27-23(32)21(25)16-22(30)31;;/h5,18-21H,2-4,6-16,25H2,1H3,(H,30,31)(H2,26,27,32);2*1H/t18-,19?,21?;;/m0../s1. The molecule has 2 heterocycles. The van der Waals surface area contributed by atoms with Gasteiger partial charge in [-0.1, -0.05) is 18.1 Å². The van der Waals surface area contributed by atoms with Crippen molar-refractivity contribution in [2.45, 2.75) is 95.4 Å². The smallest absolute Gasteiger partial charge is 0.305 e. The zero-order valence-corrected chi connectivity index (χ0v) is 22.4. The monoisotopic (exact) mass is 535 g/mol. The lowest BCUT2D eigenvalue weighted by Gasteiger charge is -2.43. The lowest BCUT2D eigenvalue weighted by molar-refractivity contribution is -0.139. The van der Waals surface area contributed by atoms with Crippen LogP contribution in [-0.4, -0.2) is 83.2 Å². The van der Waals surface area contributed by atoms with Crippen LogP contribution in [0, 0.1) is 5.41 Å². The molecule has 3 atom stereocenters. The predicted molar refractivity (Wildman–Crippen MR) is 141 cm³/mol. The Morgan fingerprint density at radius 2 is 1.91 bits per heavy atom. The fraction of sp³-hybridized carbons (Fsp3) is 0.792. The fourth-order valence-electron chi connectivity index (χ4n) is 5.36. The summed E-state index contributed by atoms with van der Waals surface area (Å²) in [6, 6.07) is 0.151. The van der Waals surface area contributed by atoms with Crippen molar-refractivity contribution in [2.24, 2.45) is 5.73 Å². The number of hydrogen-bond donors (Lipinski definition) is 4. The van der Waals surface area contributed by atoms with Gasteiger partial charge in [0, 0.05) is 31.8 Å². The minimum atomic E-state index is -1.16. The maximum Gasteiger partial charge on any atom is 0.305 e. The number of piperidine rings is 2. The Hall–Kier alpha value is -1.39. The molecule has 0 bridgehead atoms. The number of hydrogen-bond acceptors (Lipinski definition) is 6. The van der Waals surface area contributed by atoms with E-state index < -0.39 is 24.3 Å². The second kappa shape index (κ2) is 15.7. The van der Waals surface area contributed by atoms with Crippen LogP contribution in [0.2, 0.25) is 0 Å². The van der Waals surface area contributed by atoms with Crippen LogP contribution in [0.1, 0.15) is 71.1 Å². The molecule has 3 rings (SSSR count). The van der Waals surface area contributed by atoms with E-state index in [-0.39, 0.29) is 36.9 Å². The molecule has 9 nitrogen and oxygen atoms in total. The maximum atomic E-state index is 11.9. The quantitative estimate of drug-likeness (QED) is 0.213. The van der Waals surface area contributed by atoms with Gasteiger partial charge in [0.25, 0.3) is 0 Å². The summed E-state index contributed by atoms with van der Waals surface area (Å²) in [4.78, 5) is 27.2. The first-order valence-electron chi connectivity index (χ1n) is 12.5. The van der Waals surface area contributed by atoms with Gasteiger partial charge in [-0.05, 0) is 64.8 Å². The Balaban J connectivity index is 0.00000306. The Bertz CT molecular complexity index is 731. The molecule has 0 aromatic heterocycles. The number of nitrogens with two attached hydrogens (primary N) is 1. The van der Waals surface area contributed by atoms with Crippen LogP contribution in [-0.2, 0) is 14.3 Å². The number of likely N-dealkylation sites (tertiary alicyclic amines) is 2. The van der Waals surface area contributed by atoms with Crippen molar-refractivity contribution in [1.29, 1.82) is 5.41 Å². The van der Waals surface area contributed by atoms with E-state index in [0.717, 1.165) is 25.9 Å². The molecule has 1 aliphatic carbocycles. The molecule has 3 aliphatic rings. The zero-order valence-electron chi connectivity index (χ0n) is 20.7. The Morgan fingerprint density at radius 1 is 1.20 bits per heavy atom. The van der Waals surface area contributed by atoms with Gasteiger partial charge in [-0.15, -0.1) is 24.8 Å². The molecule has 0 aromatic carbocycles. The third-order valence-corrected chi connectivity index (χ3v) is 7.23. The summed E-state index contributed by atoms with van der Waals surface area (Å²) < 4.78 is 6.23. The number of aliphatic carboxylic acids is 1. The number of carboxylic acid groups (broad SMARTS) is 1. The van der Waals surface area contributed by atoms with Gasteiger partial charge in [0.1, 0.15) is 0 Å². The minimum Gasteiger partial charge on any atom is -0.481 e. The summed E-state index contributed by atoms with van der Waals surface area (Å²) in [6.07, 6.45) is 12.4. The lowest BCUT2D eigenvalue weighted by atomic mass is 9.89. The zero-order chi connectivity index (χ0) is 23.8. The molecule has 2 saturated heterocycles. The topological polar surface area (TPSA) is 132 Å². The molecular weight excluding hydrogens is 493 g/mol. The molecule has 202 valence electrons. The van der Waals surface area contributed by atoms with Gasteiger partial charge < -0.3 is 20.5 Å². The van der Waals surface area contributed by atoms with E-state index in [4.69, 9.17) is 21.0 Å². The second-order valence-electron chi connectivity index (χ2n) is 9.76. The van der Waals surface area contributed by atoms with Crippen molar-refractivity contribution in [3.8, 4) is 0 Å². The minimum absolute atomic E-state index is 0. The molecule has 2 aliphatic heterocycles. The number of amides is 1. The van der Waals surface area contributed by atoms with Gasteiger partial charge in [-0.2, -0.15) is 0 Å².